The fourth-order valence-electron chi connectivity index (χ4n) is 2.68. The van der Waals surface area contributed by atoms with Gasteiger partial charge in [-0.1, -0.05) is 76.8 Å². The molecular weight excluding hydrogens is 264 g/mol. The van der Waals surface area contributed by atoms with Crippen molar-refractivity contribution in [2.45, 2.75) is 91.4 Å². The van der Waals surface area contributed by atoms with Gasteiger partial charge in [-0.05, 0) is 49.3 Å². The quantitative estimate of drug-likeness (QED) is 0.333. The summed E-state index contributed by atoms with van der Waals surface area (Å²) in [4.78, 5) is 0. The predicted octanol–water partition coefficient (Wildman–Crippen LogP) is 6.69. The molecule has 0 saturated heterocycles. The minimum absolute atomic E-state index is 1.03. The van der Waals surface area contributed by atoms with Crippen LogP contribution in [0.5, 0.6) is 0 Å². The zero-order valence-electron chi connectivity index (χ0n) is 15.0. The van der Waals surface area contributed by atoms with Crippen LogP contribution in [-0.2, 0) is 12.8 Å². The second kappa shape index (κ2) is 12.3. The molecule has 0 aromatic heterocycles. The third kappa shape index (κ3) is 7.69. The number of rotatable bonds is 10. The highest BCUT2D eigenvalue weighted by Gasteiger charge is 2.02. The molecule has 0 spiro atoms. The first-order valence-corrected chi connectivity index (χ1v) is 9.42. The summed E-state index contributed by atoms with van der Waals surface area (Å²) in [5.41, 5.74) is 4.24. The maximum atomic E-state index is 3.41. The van der Waals surface area contributed by atoms with Crippen molar-refractivity contribution in [1.29, 1.82) is 0 Å². The summed E-state index contributed by atoms with van der Waals surface area (Å²) in [5.74, 6) is 6.76. The molecule has 1 rings (SSSR count). The number of aryl methyl sites for hydroxylation is 2. The molecule has 0 aliphatic carbocycles. The molecule has 0 N–H and O–H groups in total. The molecule has 0 atom stereocenters. The molecule has 0 heteroatoms. The van der Waals surface area contributed by atoms with Crippen LogP contribution >= 0.6 is 0 Å². The standard InChI is InChI=1S/C22H34/c1-4-7-10-12-14-20-17-18-21(16-13-11-8-5-2)22(19-20)15-9-6-3/h17-19H,4-12,14-15H2,1-3H3. The van der Waals surface area contributed by atoms with E-state index >= 15 is 0 Å². The fraction of sp³-hybridized carbons (Fsp3) is 0.636. The van der Waals surface area contributed by atoms with Crippen molar-refractivity contribution in [3.05, 3.63) is 34.9 Å². The van der Waals surface area contributed by atoms with Gasteiger partial charge in [0, 0.05) is 12.0 Å². The van der Waals surface area contributed by atoms with Crippen molar-refractivity contribution in [1.82, 2.24) is 0 Å². The zero-order valence-corrected chi connectivity index (χ0v) is 15.0. The molecule has 0 fully saturated rings. The molecule has 1 aromatic carbocycles. The molecule has 0 radical (unpaired) electrons. The van der Waals surface area contributed by atoms with Crippen molar-refractivity contribution >= 4 is 0 Å². The Bertz CT molecular complexity index is 459. The normalized spacial score (nSPS) is 10.3. The van der Waals surface area contributed by atoms with Crippen LogP contribution in [0.1, 0.15) is 95.2 Å². The molecule has 22 heavy (non-hydrogen) atoms. The molecule has 0 unspecified atom stereocenters. The Hall–Kier alpha value is -1.22. The van der Waals surface area contributed by atoms with E-state index in [0.29, 0.717) is 0 Å². The van der Waals surface area contributed by atoms with E-state index in [9.17, 15) is 0 Å². The smallest absolute Gasteiger partial charge is 0.0277 e. The van der Waals surface area contributed by atoms with Crippen LogP contribution < -0.4 is 0 Å². The van der Waals surface area contributed by atoms with Gasteiger partial charge >= 0.3 is 0 Å². The van der Waals surface area contributed by atoms with Gasteiger partial charge in [0.15, 0.2) is 0 Å². The third-order valence-corrected chi connectivity index (χ3v) is 4.17. The number of hydrogen-bond acceptors (Lipinski definition) is 0. The maximum absolute atomic E-state index is 3.41. The van der Waals surface area contributed by atoms with Crippen LogP contribution in [-0.4, -0.2) is 0 Å². The summed E-state index contributed by atoms with van der Waals surface area (Å²) in [5, 5.41) is 0. The lowest BCUT2D eigenvalue weighted by Crippen LogP contribution is -1.95. The summed E-state index contributed by atoms with van der Waals surface area (Å²) in [6.45, 7) is 6.76. The molecule has 0 saturated carbocycles. The van der Waals surface area contributed by atoms with Gasteiger partial charge < -0.3 is 0 Å². The van der Waals surface area contributed by atoms with E-state index in [1.54, 1.807) is 0 Å². The topological polar surface area (TPSA) is 0 Å². The van der Waals surface area contributed by atoms with Crippen LogP contribution in [0, 0.1) is 11.8 Å². The van der Waals surface area contributed by atoms with E-state index in [1.807, 2.05) is 0 Å². The molecule has 1 aromatic rings. The highest BCUT2D eigenvalue weighted by atomic mass is 14.1. The van der Waals surface area contributed by atoms with E-state index in [1.165, 1.54) is 80.9 Å². The lowest BCUT2D eigenvalue weighted by molar-refractivity contribution is 0.666. The van der Waals surface area contributed by atoms with Crippen molar-refractivity contribution in [3.63, 3.8) is 0 Å². The first-order valence-electron chi connectivity index (χ1n) is 9.42. The molecule has 0 aliphatic heterocycles. The Morgan fingerprint density at radius 2 is 1.55 bits per heavy atom. The van der Waals surface area contributed by atoms with Crippen molar-refractivity contribution in [2.75, 3.05) is 0 Å². The van der Waals surface area contributed by atoms with Crippen LogP contribution in [0.4, 0.5) is 0 Å². The van der Waals surface area contributed by atoms with Gasteiger partial charge in [0.25, 0.3) is 0 Å². The summed E-state index contributed by atoms with van der Waals surface area (Å²) in [6.07, 6.45) is 13.8. The van der Waals surface area contributed by atoms with Crippen LogP contribution in [0.3, 0.4) is 0 Å². The second-order valence-corrected chi connectivity index (χ2v) is 6.31. The van der Waals surface area contributed by atoms with Crippen molar-refractivity contribution in [2.24, 2.45) is 0 Å². The van der Waals surface area contributed by atoms with E-state index in [0.717, 1.165) is 6.42 Å². The highest BCUT2D eigenvalue weighted by molar-refractivity contribution is 5.43. The molecule has 0 nitrogen and oxygen atoms in total. The molecule has 122 valence electrons. The largest absolute Gasteiger partial charge is 0.0979 e. The minimum atomic E-state index is 1.03. The average Bonchev–Trinajstić information content (AvgIpc) is 2.55. The Balaban J connectivity index is 2.71. The molecule has 0 bridgehead atoms. The highest BCUT2D eigenvalue weighted by Crippen LogP contribution is 2.17. The van der Waals surface area contributed by atoms with Gasteiger partial charge in [0.05, 0.1) is 0 Å². The number of unbranched alkanes of at least 4 members (excludes halogenated alkanes) is 6. The lowest BCUT2D eigenvalue weighted by atomic mass is 9.97. The Labute approximate surface area is 138 Å². The lowest BCUT2D eigenvalue weighted by Gasteiger charge is -2.08. The van der Waals surface area contributed by atoms with E-state index < -0.39 is 0 Å². The Morgan fingerprint density at radius 1 is 0.773 bits per heavy atom. The minimum Gasteiger partial charge on any atom is -0.0979 e. The van der Waals surface area contributed by atoms with E-state index in [2.05, 4.69) is 50.8 Å². The SMILES string of the molecule is CCCCC#Cc1ccc(CCCCCC)cc1CCCC. The summed E-state index contributed by atoms with van der Waals surface area (Å²) < 4.78 is 0. The van der Waals surface area contributed by atoms with E-state index in [4.69, 9.17) is 0 Å². The number of benzene rings is 1. The molecular formula is C22H34. The third-order valence-electron chi connectivity index (χ3n) is 4.17. The van der Waals surface area contributed by atoms with Gasteiger partial charge in [-0.3, -0.25) is 0 Å². The second-order valence-electron chi connectivity index (χ2n) is 6.31. The van der Waals surface area contributed by atoms with Crippen molar-refractivity contribution < 1.29 is 0 Å². The molecule has 0 heterocycles. The Kier molecular flexibility index (Phi) is 10.6. The number of hydrogen-bond donors (Lipinski definition) is 0. The zero-order chi connectivity index (χ0) is 16.0. The Morgan fingerprint density at radius 3 is 2.27 bits per heavy atom. The van der Waals surface area contributed by atoms with Gasteiger partial charge in [-0.2, -0.15) is 0 Å². The first kappa shape index (κ1) is 18.8. The maximum Gasteiger partial charge on any atom is 0.0277 e. The summed E-state index contributed by atoms with van der Waals surface area (Å²) in [7, 11) is 0. The van der Waals surface area contributed by atoms with Gasteiger partial charge in [0.1, 0.15) is 0 Å². The first-order chi connectivity index (χ1) is 10.8. The fourth-order valence-corrected chi connectivity index (χ4v) is 2.68. The van der Waals surface area contributed by atoms with Crippen molar-refractivity contribution in [3.8, 4) is 11.8 Å². The average molecular weight is 299 g/mol. The van der Waals surface area contributed by atoms with Crippen LogP contribution in [0.15, 0.2) is 18.2 Å². The molecule has 0 amide bonds. The van der Waals surface area contributed by atoms with Gasteiger partial charge in [0.2, 0.25) is 0 Å². The van der Waals surface area contributed by atoms with E-state index in [-0.39, 0.29) is 0 Å². The monoisotopic (exact) mass is 298 g/mol. The van der Waals surface area contributed by atoms with Crippen LogP contribution in [0.25, 0.3) is 0 Å². The van der Waals surface area contributed by atoms with Crippen LogP contribution in [0.2, 0.25) is 0 Å². The van der Waals surface area contributed by atoms with Gasteiger partial charge in [-0.15, -0.1) is 0 Å². The summed E-state index contributed by atoms with van der Waals surface area (Å²) in [6, 6.07) is 6.98. The van der Waals surface area contributed by atoms with Gasteiger partial charge in [-0.25, -0.2) is 0 Å². The summed E-state index contributed by atoms with van der Waals surface area (Å²) >= 11 is 0. The molecule has 0 aliphatic rings. The predicted molar refractivity (Wildman–Crippen MR) is 99.3 cm³/mol.